The number of amides is 1. The van der Waals surface area contributed by atoms with E-state index < -0.39 is 0 Å². The molecule has 3 aliphatic heterocycles. The van der Waals surface area contributed by atoms with Crippen LogP contribution in [0.1, 0.15) is 80.5 Å². The molecule has 2 aromatic heterocycles. The summed E-state index contributed by atoms with van der Waals surface area (Å²) in [6.45, 7) is 11.0. The van der Waals surface area contributed by atoms with Crippen LogP contribution >= 0.6 is 0 Å². The van der Waals surface area contributed by atoms with E-state index in [-0.39, 0.29) is 17.8 Å². The van der Waals surface area contributed by atoms with Crippen molar-refractivity contribution in [2.24, 2.45) is 5.41 Å². The Morgan fingerprint density at radius 1 is 0.865 bits per heavy atom. The number of hydrogen-bond donors (Lipinski definition) is 1. The van der Waals surface area contributed by atoms with Gasteiger partial charge >= 0.3 is 0 Å². The van der Waals surface area contributed by atoms with Crippen LogP contribution in [-0.4, -0.2) is 89.1 Å². The van der Waals surface area contributed by atoms with Crippen molar-refractivity contribution in [3.63, 3.8) is 0 Å². The molecule has 1 saturated carbocycles. The van der Waals surface area contributed by atoms with E-state index in [1.54, 1.807) is 0 Å². The Balaban J connectivity index is 1.00. The second-order valence-electron chi connectivity index (χ2n) is 12.0. The SMILES string of the molecule is Cc1nc(C(=O)NC2CCN(CCN3CCC4(CC3)CC4)CC2)nc2ccc(N3CCCCCC3)nc12. The van der Waals surface area contributed by atoms with E-state index in [0.717, 1.165) is 73.5 Å². The molecule has 6 rings (SSSR count). The molecule has 3 saturated heterocycles. The second kappa shape index (κ2) is 10.8. The predicted octanol–water partition coefficient (Wildman–Crippen LogP) is 3.78. The van der Waals surface area contributed by atoms with Crippen LogP contribution in [-0.2, 0) is 0 Å². The van der Waals surface area contributed by atoms with Crippen LogP contribution in [0.15, 0.2) is 12.1 Å². The zero-order valence-electron chi connectivity index (χ0n) is 22.6. The number of anilines is 1. The maximum atomic E-state index is 13.0. The minimum Gasteiger partial charge on any atom is -0.357 e. The maximum absolute atomic E-state index is 13.0. The first-order chi connectivity index (χ1) is 18.1. The third kappa shape index (κ3) is 5.90. The summed E-state index contributed by atoms with van der Waals surface area (Å²) in [5.41, 5.74) is 3.07. The summed E-state index contributed by atoms with van der Waals surface area (Å²) < 4.78 is 0. The molecule has 4 aliphatic rings. The van der Waals surface area contributed by atoms with Crippen molar-refractivity contribution in [3.05, 3.63) is 23.7 Å². The predicted molar refractivity (Wildman–Crippen MR) is 147 cm³/mol. The van der Waals surface area contributed by atoms with E-state index in [1.807, 2.05) is 19.1 Å². The first-order valence-corrected chi connectivity index (χ1v) is 14.7. The van der Waals surface area contributed by atoms with Crippen molar-refractivity contribution < 1.29 is 4.79 Å². The molecule has 37 heavy (non-hydrogen) atoms. The van der Waals surface area contributed by atoms with Gasteiger partial charge in [-0.05, 0) is 88.9 Å². The average molecular weight is 506 g/mol. The number of likely N-dealkylation sites (tertiary alicyclic amines) is 2. The Kier molecular flexibility index (Phi) is 7.30. The van der Waals surface area contributed by atoms with Gasteiger partial charge in [0.25, 0.3) is 5.91 Å². The first kappa shape index (κ1) is 25.0. The van der Waals surface area contributed by atoms with Crippen LogP contribution in [0, 0.1) is 12.3 Å². The van der Waals surface area contributed by atoms with Crippen LogP contribution in [0.3, 0.4) is 0 Å². The van der Waals surface area contributed by atoms with Gasteiger partial charge in [-0.25, -0.2) is 15.0 Å². The van der Waals surface area contributed by atoms with Gasteiger partial charge in [-0.2, -0.15) is 0 Å². The topological polar surface area (TPSA) is 77.5 Å². The summed E-state index contributed by atoms with van der Waals surface area (Å²) in [5.74, 6) is 1.09. The largest absolute Gasteiger partial charge is 0.357 e. The van der Waals surface area contributed by atoms with Crippen molar-refractivity contribution in [1.29, 1.82) is 0 Å². The van der Waals surface area contributed by atoms with Crippen LogP contribution in [0.5, 0.6) is 0 Å². The average Bonchev–Trinajstić information content (AvgIpc) is 3.73. The molecule has 0 radical (unpaired) electrons. The Morgan fingerprint density at radius 3 is 2.22 bits per heavy atom. The minimum absolute atomic E-state index is 0.164. The highest BCUT2D eigenvalue weighted by molar-refractivity contribution is 5.93. The summed E-state index contributed by atoms with van der Waals surface area (Å²) in [6, 6.07) is 4.24. The molecule has 1 spiro atoms. The van der Waals surface area contributed by atoms with Crippen molar-refractivity contribution in [2.45, 2.75) is 77.2 Å². The smallest absolute Gasteiger partial charge is 0.289 e. The van der Waals surface area contributed by atoms with Gasteiger partial charge in [0.1, 0.15) is 11.3 Å². The van der Waals surface area contributed by atoms with Gasteiger partial charge in [0.05, 0.1) is 11.2 Å². The van der Waals surface area contributed by atoms with E-state index >= 15 is 0 Å². The lowest BCUT2D eigenvalue weighted by atomic mass is 9.94. The van der Waals surface area contributed by atoms with Gasteiger partial charge in [-0.1, -0.05) is 12.8 Å². The van der Waals surface area contributed by atoms with Crippen molar-refractivity contribution in [2.75, 3.05) is 57.3 Å². The molecule has 4 fully saturated rings. The molecular formula is C29H43N7O. The van der Waals surface area contributed by atoms with Crippen molar-refractivity contribution >= 4 is 22.8 Å². The Labute approximate surface area is 221 Å². The zero-order chi connectivity index (χ0) is 25.2. The summed E-state index contributed by atoms with van der Waals surface area (Å²) in [7, 11) is 0. The molecule has 8 heteroatoms. The molecule has 2 aromatic rings. The molecular weight excluding hydrogens is 462 g/mol. The third-order valence-corrected chi connectivity index (χ3v) is 9.36. The number of nitrogens with zero attached hydrogens (tertiary/aromatic N) is 6. The number of aryl methyl sites for hydroxylation is 1. The molecule has 1 amide bonds. The number of piperidine rings is 2. The molecule has 0 aromatic carbocycles. The number of nitrogens with one attached hydrogen (secondary N) is 1. The highest BCUT2D eigenvalue weighted by Crippen LogP contribution is 2.53. The molecule has 0 unspecified atom stereocenters. The molecule has 1 N–H and O–H groups in total. The maximum Gasteiger partial charge on any atom is 0.289 e. The van der Waals surface area contributed by atoms with Crippen molar-refractivity contribution in [1.82, 2.24) is 30.1 Å². The highest BCUT2D eigenvalue weighted by atomic mass is 16.2. The molecule has 0 bridgehead atoms. The first-order valence-electron chi connectivity index (χ1n) is 14.7. The van der Waals surface area contributed by atoms with E-state index in [4.69, 9.17) is 4.98 Å². The fraction of sp³-hybridized carbons (Fsp3) is 0.724. The number of fused-ring (bicyclic) bond motifs is 1. The van der Waals surface area contributed by atoms with E-state index in [0.29, 0.717) is 0 Å². The second-order valence-corrected chi connectivity index (χ2v) is 12.0. The number of carbonyl (C=O) groups is 1. The fourth-order valence-corrected chi connectivity index (χ4v) is 6.49. The van der Waals surface area contributed by atoms with Crippen LogP contribution in [0.2, 0.25) is 0 Å². The number of pyridine rings is 1. The lowest BCUT2D eigenvalue weighted by Gasteiger charge is -2.36. The number of carbonyl (C=O) groups excluding carboxylic acids is 1. The Bertz CT molecular complexity index is 1090. The summed E-state index contributed by atoms with van der Waals surface area (Å²) in [4.78, 5) is 34.7. The lowest BCUT2D eigenvalue weighted by Crippen LogP contribution is -2.47. The molecule has 8 nitrogen and oxygen atoms in total. The normalized spacial score (nSPS) is 23.3. The lowest BCUT2D eigenvalue weighted by molar-refractivity contribution is 0.0891. The van der Waals surface area contributed by atoms with Crippen LogP contribution in [0.4, 0.5) is 5.82 Å². The standard InChI is InChI=1S/C29H43N7O/c1-22-26-24(6-7-25(33-26)36-14-4-2-3-5-15-36)32-27(30-22)28(37)31-23-8-16-34(17-9-23)20-21-35-18-12-29(10-11-29)13-19-35/h6-7,23H,2-5,8-21H2,1H3,(H,31,37). The van der Waals surface area contributed by atoms with E-state index in [1.165, 1.54) is 71.0 Å². The zero-order valence-corrected chi connectivity index (χ0v) is 22.6. The van der Waals surface area contributed by atoms with Crippen LogP contribution < -0.4 is 10.2 Å². The van der Waals surface area contributed by atoms with Crippen molar-refractivity contribution in [3.8, 4) is 0 Å². The van der Waals surface area contributed by atoms with Gasteiger partial charge < -0.3 is 20.0 Å². The van der Waals surface area contributed by atoms with Gasteiger partial charge in [-0.3, -0.25) is 4.79 Å². The van der Waals surface area contributed by atoms with Gasteiger partial charge in [-0.15, -0.1) is 0 Å². The summed E-state index contributed by atoms with van der Waals surface area (Å²) in [5, 5.41) is 3.21. The highest BCUT2D eigenvalue weighted by Gasteiger charge is 2.44. The summed E-state index contributed by atoms with van der Waals surface area (Å²) in [6.07, 6.45) is 12.8. The van der Waals surface area contributed by atoms with Gasteiger partial charge in [0, 0.05) is 45.3 Å². The van der Waals surface area contributed by atoms with Gasteiger partial charge in [0.2, 0.25) is 5.82 Å². The Morgan fingerprint density at radius 2 is 1.54 bits per heavy atom. The van der Waals surface area contributed by atoms with E-state index in [9.17, 15) is 4.79 Å². The number of rotatable bonds is 6. The molecule has 200 valence electrons. The van der Waals surface area contributed by atoms with Crippen LogP contribution in [0.25, 0.3) is 11.0 Å². The third-order valence-electron chi connectivity index (χ3n) is 9.36. The molecule has 1 aliphatic carbocycles. The van der Waals surface area contributed by atoms with Gasteiger partial charge in [0.15, 0.2) is 0 Å². The number of hydrogen-bond acceptors (Lipinski definition) is 7. The summed E-state index contributed by atoms with van der Waals surface area (Å²) >= 11 is 0. The quantitative estimate of drug-likeness (QED) is 0.640. The minimum atomic E-state index is -0.164. The van der Waals surface area contributed by atoms with E-state index in [2.05, 4.69) is 30.0 Å². The fourth-order valence-electron chi connectivity index (χ4n) is 6.49. The molecule has 5 heterocycles. The molecule has 0 atom stereocenters. The monoisotopic (exact) mass is 505 g/mol. The number of aromatic nitrogens is 3. The Hall–Kier alpha value is -2.32.